The topological polar surface area (TPSA) is 307 Å². The van der Waals surface area contributed by atoms with E-state index in [2.05, 4.69) is 19.2 Å². The summed E-state index contributed by atoms with van der Waals surface area (Å²) in [5.41, 5.74) is 0. The molecular weight excluding hydrogens is 1300 g/mol. The van der Waals surface area contributed by atoms with Crippen LogP contribution in [0.2, 0.25) is 0 Å². The van der Waals surface area contributed by atoms with E-state index in [4.69, 9.17) is 28.4 Å². The first-order valence-corrected chi connectivity index (χ1v) is 42.9. The SMILES string of the molecule is CCCCCCCCCCCCCCCC/C=C/C(O)C(COC1OC(CO)C(OC2OC(CO)C(OC3OC(CO)C(O)C(O)C3O)C(O)C2O)C(O)C1O)NC(=O)CCCCCCCCCCCCCCCCCCCCCCCCCCCCCCCCCCCCCCCCCCC. The predicted molar refractivity (Wildman–Crippen MR) is 407 cm³/mol. The lowest BCUT2D eigenvalue weighted by atomic mass is 9.96. The molecule has 0 aromatic rings. The second-order valence-electron chi connectivity index (χ2n) is 31.0. The lowest BCUT2D eigenvalue weighted by Crippen LogP contribution is -2.66. The molecule has 0 aromatic carbocycles. The van der Waals surface area contributed by atoms with Gasteiger partial charge in [0.25, 0.3) is 0 Å². The van der Waals surface area contributed by atoms with Crippen LogP contribution in [-0.2, 0) is 33.2 Å². The highest BCUT2D eigenvalue weighted by Crippen LogP contribution is 2.34. The van der Waals surface area contributed by atoms with Crippen molar-refractivity contribution in [1.82, 2.24) is 5.32 Å². The first-order valence-electron chi connectivity index (χ1n) is 42.9. The highest BCUT2D eigenvalue weighted by atomic mass is 16.8. The Morgan fingerprint density at radius 2 is 0.608 bits per heavy atom. The summed E-state index contributed by atoms with van der Waals surface area (Å²) in [6.45, 7) is 1.79. The second kappa shape index (κ2) is 64.4. The smallest absolute Gasteiger partial charge is 0.220 e. The average molecular weight is 1460 g/mol. The molecule has 3 rings (SSSR count). The van der Waals surface area contributed by atoms with Crippen molar-refractivity contribution in [2.24, 2.45) is 0 Å². The van der Waals surface area contributed by atoms with Gasteiger partial charge in [-0.25, -0.2) is 0 Å². The molecule has 17 unspecified atom stereocenters. The van der Waals surface area contributed by atoms with E-state index < -0.39 is 124 Å². The molecular formula is C83H159NO18. The maximum atomic E-state index is 13.5. The van der Waals surface area contributed by atoms with Crippen molar-refractivity contribution in [3.8, 4) is 0 Å². The van der Waals surface area contributed by atoms with Crippen molar-refractivity contribution in [1.29, 1.82) is 0 Å². The Morgan fingerprint density at radius 1 is 0.343 bits per heavy atom. The summed E-state index contributed by atoms with van der Waals surface area (Å²) < 4.78 is 34.4. The van der Waals surface area contributed by atoms with Gasteiger partial charge in [0, 0.05) is 6.42 Å². The fourth-order valence-corrected chi connectivity index (χ4v) is 15.0. The van der Waals surface area contributed by atoms with Crippen LogP contribution in [0, 0.1) is 0 Å². The summed E-state index contributed by atoms with van der Waals surface area (Å²) >= 11 is 0. The first-order chi connectivity index (χ1) is 49.8. The van der Waals surface area contributed by atoms with E-state index in [1.807, 2.05) is 6.08 Å². The molecule has 0 radical (unpaired) electrons. The van der Waals surface area contributed by atoms with Gasteiger partial charge in [0.05, 0.1) is 38.6 Å². The van der Waals surface area contributed by atoms with E-state index in [1.165, 1.54) is 308 Å². The maximum absolute atomic E-state index is 13.5. The molecule has 102 heavy (non-hydrogen) atoms. The quantitative estimate of drug-likeness (QED) is 0.0199. The Kier molecular flexibility index (Phi) is 59.8. The second-order valence-corrected chi connectivity index (χ2v) is 31.0. The van der Waals surface area contributed by atoms with Crippen LogP contribution in [0.1, 0.15) is 380 Å². The summed E-state index contributed by atoms with van der Waals surface area (Å²) in [5, 5.41) is 121. The fourth-order valence-electron chi connectivity index (χ4n) is 15.0. The largest absolute Gasteiger partial charge is 0.394 e. The van der Waals surface area contributed by atoms with Gasteiger partial charge in [-0.1, -0.05) is 366 Å². The number of carbonyl (C=O) groups excluding carboxylic acids is 1. The van der Waals surface area contributed by atoms with Crippen LogP contribution in [0.3, 0.4) is 0 Å². The Balaban J connectivity index is 1.26. The Hall–Kier alpha value is -1.47. The number of allylic oxidation sites excluding steroid dienone is 1. The minimum Gasteiger partial charge on any atom is -0.394 e. The van der Waals surface area contributed by atoms with E-state index >= 15 is 0 Å². The van der Waals surface area contributed by atoms with E-state index in [9.17, 15) is 61.0 Å². The molecule has 0 aliphatic carbocycles. The zero-order valence-corrected chi connectivity index (χ0v) is 64.9. The number of hydrogen-bond donors (Lipinski definition) is 12. The molecule has 3 saturated heterocycles. The number of aliphatic hydroxyl groups is 11. The summed E-state index contributed by atoms with van der Waals surface area (Å²) in [5.74, 6) is -0.267. The Bertz CT molecular complexity index is 1890. The van der Waals surface area contributed by atoms with Gasteiger partial charge in [-0.2, -0.15) is 0 Å². The minimum atomic E-state index is -1.98. The van der Waals surface area contributed by atoms with Crippen LogP contribution < -0.4 is 5.32 Å². The Labute approximate surface area is 620 Å². The van der Waals surface area contributed by atoms with Gasteiger partial charge in [0.1, 0.15) is 73.2 Å². The van der Waals surface area contributed by atoms with E-state index in [0.29, 0.717) is 6.42 Å². The Morgan fingerprint density at radius 3 is 0.922 bits per heavy atom. The summed E-state index contributed by atoms with van der Waals surface area (Å²) in [4.78, 5) is 13.5. The molecule has 3 heterocycles. The first kappa shape index (κ1) is 94.7. The van der Waals surface area contributed by atoms with Crippen molar-refractivity contribution in [3.05, 3.63) is 12.2 Å². The molecule has 0 saturated carbocycles. The van der Waals surface area contributed by atoms with Crippen LogP contribution in [0.4, 0.5) is 0 Å². The van der Waals surface area contributed by atoms with Gasteiger partial charge in [-0.05, 0) is 19.3 Å². The van der Waals surface area contributed by atoms with E-state index in [-0.39, 0.29) is 18.9 Å². The molecule has 17 atom stereocenters. The van der Waals surface area contributed by atoms with Crippen molar-refractivity contribution in [2.75, 3.05) is 26.4 Å². The normalized spacial score (nSPS) is 26.1. The third-order valence-electron chi connectivity index (χ3n) is 21.8. The lowest BCUT2D eigenvalue weighted by molar-refractivity contribution is -0.379. The average Bonchev–Trinajstić information content (AvgIpc) is 0.781. The molecule has 19 nitrogen and oxygen atoms in total. The molecule has 3 aliphatic rings. The third-order valence-corrected chi connectivity index (χ3v) is 21.8. The number of amides is 1. The van der Waals surface area contributed by atoms with Crippen molar-refractivity contribution < 1.29 is 89.4 Å². The number of rotatable bonds is 70. The van der Waals surface area contributed by atoms with Crippen molar-refractivity contribution in [3.63, 3.8) is 0 Å². The number of ether oxygens (including phenoxy) is 6. The zero-order chi connectivity index (χ0) is 73.9. The van der Waals surface area contributed by atoms with Crippen LogP contribution in [0.15, 0.2) is 12.2 Å². The third kappa shape index (κ3) is 43.7. The van der Waals surface area contributed by atoms with Crippen molar-refractivity contribution >= 4 is 5.91 Å². The maximum Gasteiger partial charge on any atom is 0.220 e. The number of carbonyl (C=O) groups is 1. The van der Waals surface area contributed by atoms with Gasteiger partial charge >= 0.3 is 0 Å². The standard InChI is InChI=1S/C83H159NO18/c1-3-5-7-9-11-13-15-17-19-21-22-23-24-25-26-27-28-29-30-31-32-33-34-35-36-37-38-39-40-41-42-43-44-45-47-49-51-53-55-57-59-61-71(89)84-66(67(88)60-58-56-54-52-50-48-46-20-18-16-14-12-10-8-6-4-2)65-97-81-77(95)74(92)79(69(63-86)99-81)102-83-78(96)75(93)80(70(64-87)100-83)101-82-76(94)73(91)72(90)68(62-85)98-82/h58,60,66-70,72-83,85-88,90-96H,3-57,59,61-65H2,1-2H3,(H,84,89)/b60-58+. The lowest BCUT2D eigenvalue weighted by Gasteiger charge is -2.48. The number of unbranched alkanes of at least 4 members (excludes halogenated alkanes) is 54. The van der Waals surface area contributed by atoms with Gasteiger partial charge in [-0.15, -0.1) is 0 Å². The molecule has 0 aromatic heterocycles. The van der Waals surface area contributed by atoms with Gasteiger partial charge in [-0.3, -0.25) is 4.79 Å². The van der Waals surface area contributed by atoms with E-state index in [0.717, 1.165) is 44.9 Å². The van der Waals surface area contributed by atoms with E-state index in [1.54, 1.807) is 6.08 Å². The highest BCUT2D eigenvalue weighted by Gasteiger charge is 2.54. The molecule has 3 fully saturated rings. The fraction of sp³-hybridized carbons (Fsp3) is 0.964. The predicted octanol–water partition coefficient (Wildman–Crippen LogP) is 15.1. The monoisotopic (exact) mass is 1460 g/mol. The van der Waals surface area contributed by atoms with Crippen LogP contribution in [-0.4, -0.2) is 193 Å². The van der Waals surface area contributed by atoms with Gasteiger partial charge in [0.15, 0.2) is 18.9 Å². The molecule has 12 N–H and O–H groups in total. The number of nitrogens with one attached hydrogen (secondary N) is 1. The van der Waals surface area contributed by atoms with Crippen LogP contribution in [0.5, 0.6) is 0 Å². The van der Waals surface area contributed by atoms with Crippen molar-refractivity contribution in [2.45, 2.75) is 484 Å². The van der Waals surface area contributed by atoms with Crippen LogP contribution in [0.25, 0.3) is 0 Å². The number of hydrogen-bond acceptors (Lipinski definition) is 18. The molecule has 3 aliphatic heterocycles. The minimum absolute atomic E-state index is 0.250. The molecule has 604 valence electrons. The molecule has 1 amide bonds. The molecule has 19 heteroatoms. The number of aliphatic hydroxyl groups excluding tert-OH is 11. The molecule has 0 spiro atoms. The summed E-state index contributed by atoms with van der Waals surface area (Å²) in [6, 6.07) is -0.969. The van der Waals surface area contributed by atoms with Gasteiger partial charge < -0.3 is 89.9 Å². The summed E-state index contributed by atoms with van der Waals surface area (Å²) in [7, 11) is 0. The molecule has 0 bridgehead atoms. The van der Waals surface area contributed by atoms with Crippen LogP contribution >= 0.6 is 0 Å². The zero-order valence-electron chi connectivity index (χ0n) is 64.9. The highest BCUT2D eigenvalue weighted by molar-refractivity contribution is 5.76. The summed E-state index contributed by atoms with van der Waals surface area (Å²) in [6.07, 6.45) is 51.1. The van der Waals surface area contributed by atoms with Gasteiger partial charge in [0.2, 0.25) is 5.91 Å².